The van der Waals surface area contributed by atoms with E-state index >= 15 is 0 Å². The fourth-order valence-electron chi connectivity index (χ4n) is 1.56. The summed E-state index contributed by atoms with van der Waals surface area (Å²) in [5, 5.41) is 0. The number of rotatable bonds is 8. The van der Waals surface area contributed by atoms with Gasteiger partial charge < -0.3 is 13.8 Å². The van der Waals surface area contributed by atoms with E-state index in [4.69, 9.17) is 21.3 Å². The minimum Gasteiger partial charge on any atom is -0.465 e. The number of carbonyl (C=O) groups excluding carboxylic acids is 1. The second kappa shape index (κ2) is 9.43. The zero-order valence-electron chi connectivity index (χ0n) is 12.7. The number of hydrogen-bond acceptors (Lipinski definition) is 7. The van der Waals surface area contributed by atoms with Crippen molar-refractivity contribution >= 4 is 41.5 Å². The quantitative estimate of drug-likeness (QED) is 0.389. The van der Waals surface area contributed by atoms with Crippen molar-refractivity contribution in [1.82, 2.24) is 0 Å². The highest BCUT2D eigenvalue weighted by atomic mass is 32.2. The molecule has 0 fully saturated rings. The molecule has 0 atom stereocenters. The van der Waals surface area contributed by atoms with Gasteiger partial charge in [0.2, 0.25) is 0 Å². The topological polar surface area (TPSA) is 61.8 Å². The van der Waals surface area contributed by atoms with Gasteiger partial charge in [-0.15, -0.1) is 11.8 Å². The highest BCUT2D eigenvalue weighted by molar-refractivity contribution is 8.35. The van der Waals surface area contributed by atoms with Crippen molar-refractivity contribution in [2.24, 2.45) is 0 Å². The molecule has 0 saturated carbocycles. The Balaban J connectivity index is 2.66. The van der Waals surface area contributed by atoms with Crippen LogP contribution in [0.3, 0.4) is 0 Å². The molecule has 0 amide bonds. The molecule has 1 rings (SSSR count). The van der Waals surface area contributed by atoms with Crippen LogP contribution in [0.25, 0.3) is 0 Å². The highest BCUT2D eigenvalue weighted by Crippen LogP contribution is 2.53. The Hall–Kier alpha value is -0.720. The van der Waals surface area contributed by atoms with E-state index in [9.17, 15) is 9.36 Å². The van der Waals surface area contributed by atoms with Gasteiger partial charge in [-0.2, -0.15) is 0 Å². The smallest absolute Gasteiger partial charge is 0.378 e. The maximum atomic E-state index is 12.4. The van der Waals surface area contributed by atoms with E-state index in [1.165, 1.54) is 18.9 Å². The third-order valence-electron chi connectivity index (χ3n) is 2.56. The Bertz CT molecular complexity index is 549. The van der Waals surface area contributed by atoms with Crippen LogP contribution in [0.5, 0.6) is 0 Å². The average molecular weight is 362 g/mol. The number of methoxy groups -OCH3 is 1. The lowest BCUT2D eigenvalue weighted by Gasteiger charge is -2.17. The lowest BCUT2D eigenvalue weighted by Crippen LogP contribution is -2.03. The number of thioether (sulfide) groups is 1. The molecule has 0 heterocycles. The summed E-state index contributed by atoms with van der Waals surface area (Å²) in [4.78, 5) is 11.3. The summed E-state index contributed by atoms with van der Waals surface area (Å²) >= 11 is 6.42. The lowest BCUT2D eigenvalue weighted by atomic mass is 10.1. The average Bonchev–Trinajstić information content (AvgIpc) is 2.52. The van der Waals surface area contributed by atoms with Crippen molar-refractivity contribution in [2.45, 2.75) is 19.6 Å². The van der Waals surface area contributed by atoms with Crippen LogP contribution in [0, 0.1) is 0 Å². The second-order valence-corrected chi connectivity index (χ2v) is 8.29. The fraction of sp³-hybridized carbons (Fsp3) is 0.429. The van der Waals surface area contributed by atoms with Gasteiger partial charge in [0.25, 0.3) is 0 Å². The van der Waals surface area contributed by atoms with Gasteiger partial charge in [-0.05, 0) is 31.5 Å². The molecule has 1 aromatic rings. The van der Waals surface area contributed by atoms with Crippen LogP contribution in [0.15, 0.2) is 24.3 Å². The first-order chi connectivity index (χ1) is 10.5. The molecule has 0 radical (unpaired) electrons. The first-order valence-corrected chi connectivity index (χ1v) is 9.64. The van der Waals surface area contributed by atoms with Gasteiger partial charge in [-0.25, -0.2) is 4.79 Å². The first kappa shape index (κ1) is 19.3. The van der Waals surface area contributed by atoms with Gasteiger partial charge in [0.05, 0.1) is 25.9 Å². The monoisotopic (exact) mass is 362 g/mol. The van der Waals surface area contributed by atoms with Gasteiger partial charge in [0.15, 0.2) is 3.94 Å². The third kappa shape index (κ3) is 5.48. The molecule has 5 nitrogen and oxygen atoms in total. The third-order valence-corrected chi connectivity index (χ3v) is 7.01. The molecular formula is C14H19O5PS2. The predicted molar refractivity (Wildman–Crippen MR) is 92.5 cm³/mol. The largest absolute Gasteiger partial charge is 0.465 e. The van der Waals surface area contributed by atoms with Crippen LogP contribution in [-0.2, 0) is 24.1 Å². The number of ether oxygens (including phenoxy) is 1. The summed E-state index contributed by atoms with van der Waals surface area (Å²) < 4.78 is 27.7. The second-order valence-electron chi connectivity index (χ2n) is 4.08. The molecule has 0 bridgehead atoms. The Morgan fingerprint density at radius 1 is 1.18 bits per heavy atom. The van der Waals surface area contributed by atoms with E-state index in [2.05, 4.69) is 4.74 Å². The maximum Gasteiger partial charge on any atom is 0.378 e. The molecule has 0 aliphatic heterocycles. The number of hydrogen-bond donors (Lipinski definition) is 0. The van der Waals surface area contributed by atoms with E-state index in [1.807, 2.05) is 0 Å². The first-order valence-electron chi connectivity index (χ1n) is 6.70. The molecular weight excluding hydrogens is 343 g/mol. The van der Waals surface area contributed by atoms with Crippen molar-refractivity contribution in [3.8, 4) is 0 Å². The SMILES string of the molecule is CCOP(=O)(OCC)C(=S)SCc1ccc(C(=O)OC)cc1. The normalized spacial score (nSPS) is 11.2. The standard InChI is InChI=1S/C14H19O5PS2/c1-4-18-20(16,19-5-2)14(21)22-10-11-6-8-12(9-7-11)13(15)17-3/h6-9H,4-5,10H2,1-3H3. The van der Waals surface area contributed by atoms with Crippen molar-refractivity contribution in [1.29, 1.82) is 0 Å². The van der Waals surface area contributed by atoms with Gasteiger partial charge >= 0.3 is 13.6 Å². The summed E-state index contributed by atoms with van der Waals surface area (Å²) in [6, 6.07) is 6.95. The molecule has 22 heavy (non-hydrogen) atoms. The Kier molecular flexibility index (Phi) is 8.28. The van der Waals surface area contributed by atoms with Crippen LogP contribution in [0.4, 0.5) is 0 Å². The molecule has 0 saturated heterocycles. The van der Waals surface area contributed by atoms with E-state index in [-0.39, 0.29) is 23.1 Å². The van der Waals surface area contributed by atoms with Crippen LogP contribution in [0.2, 0.25) is 0 Å². The van der Waals surface area contributed by atoms with Gasteiger partial charge in [-0.3, -0.25) is 4.57 Å². The van der Waals surface area contributed by atoms with Crippen molar-refractivity contribution in [3.63, 3.8) is 0 Å². The minimum absolute atomic E-state index is 0.216. The Morgan fingerprint density at radius 2 is 1.73 bits per heavy atom. The molecule has 0 N–H and O–H groups in total. The summed E-state index contributed by atoms with van der Waals surface area (Å²) in [6.07, 6.45) is 0. The van der Waals surface area contributed by atoms with E-state index < -0.39 is 7.60 Å². The lowest BCUT2D eigenvalue weighted by molar-refractivity contribution is 0.0600. The number of benzene rings is 1. The summed E-state index contributed by atoms with van der Waals surface area (Å²) in [6.45, 7) is 4.02. The molecule has 1 aromatic carbocycles. The number of esters is 1. The number of thiocarbonyl (C=S) groups is 1. The molecule has 0 unspecified atom stereocenters. The van der Waals surface area contributed by atoms with Gasteiger partial charge in [-0.1, -0.05) is 24.4 Å². The number of carbonyl (C=O) groups is 1. The van der Waals surface area contributed by atoms with Crippen LogP contribution >= 0.6 is 31.6 Å². The summed E-state index contributed by atoms with van der Waals surface area (Å²) in [5.74, 6) is 0.136. The van der Waals surface area contributed by atoms with Crippen molar-refractivity contribution < 1.29 is 23.1 Å². The molecule has 0 aromatic heterocycles. The Labute approximate surface area is 140 Å². The van der Waals surface area contributed by atoms with E-state index in [0.717, 1.165) is 5.56 Å². The van der Waals surface area contributed by atoms with Crippen molar-refractivity contribution in [2.75, 3.05) is 20.3 Å². The van der Waals surface area contributed by atoms with E-state index in [1.54, 1.807) is 38.1 Å². The van der Waals surface area contributed by atoms with Crippen LogP contribution in [0.1, 0.15) is 29.8 Å². The molecule has 122 valence electrons. The van der Waals surface area contributed by atoms with Gasteiger partial charge in [0, 0.05) is 5.75 Å². The Morgan fingerprint density at radius 3 is 2.18 bits per heavy atom. The summed E-state index contributed by atoms with van der Waals surface area (Å²) in [7, 11) is -2.02. The molecule has 0 spiro atoms. The molecule has 8 heteroatoms. The minimum atomic E-state index is -3.36. The molecule has 0 aliphatic carbocycles. The maximum absolute atomic E-state index is 12.4. The fourth-order valence-corrected chi connectivity index (χ4v) is 4.64. The van der Waals surface area contributed by atoms with Gasteiger partial charge in [0.1, 0.15) is 0 Å². The van der Waals surface area contributed by atoms with Crippen LogP contribution in [-0.4, -0.2) is 30.2 Å². The zero-order valence-corrected chi connectivity index (χ0v) is 15.3. The van der Waals surface area contributed by atoms with Crippen LogP contribution < -0.4 is 0 Å². The predicted octanol–water partition coefficient (Wildman–Crippen LogP) is 4.26. The van der Waals surface area contributed by atoms with Crippen molar-refractivity contribution in [3.05, 3.63) is 35.4 Å². The zero-order chi connectivity index (χ0) is 16.6. The highest BCUT2D eigenvalue weighted by Gasteiger charge is 2.30. The summed E-state index contributed by atoms with van der Waals surface area (Å²) in [5.41, 5.74) is 1.42. The van der Waals surface area contributed by atoms with E-state index in [0.29, 0.717) is 11.3 Å². The molecule has 0 aliphatic rings.